The molecule has 1 aliphatic heterocycles. The molecule has 3 aromatic carbocycles. The van der Waals surface area contributed by atoms with Gasteiger partial charge in [-0.3, -0.25) is 0 Å². The zero-order valence-corrected chi connectivity index (χ0v) is 26.0. The van der Waals surface area contributed by atoms with Crippen molar-refractivity contribution >= 4 is 23.8 Å². The lowest BCUT2D eigenvalue weighted by Crippen LogP contribution is -2.38. The lowest BCUT2D eigenvalue weighted by Gasteiger charge is -2.41. The quantitative estimate of drug-likeness (QED) is 0.142. The Bertz CT molecular complexity index is 1620. The Balaban J connectivity index is 1.40. The number of hydrogen-bond donors (Lipinski definition) is 4. The number of nitrogens with one attached hydrogen (secondary N) is 2. The second kappa shape index (κ2) is 15.2. The first-order valence-corrected chi connectivity index (χ1v) is 15.9. The van der Waals surface area contributed by atoms with Crippen LogP contribution in [0.2, 0.25) is 0 Å². The van der Waals surface area contributed by atoms with Crippen LogP contribution in [0.25, 0.3) is 11.1 Å². The molecule has 5 rings (SSSR count). The van der Waals surface area contributed by atoms with Crippen LogP contribution in [0, 0.1) is 5.92 Å². The van der Waals surface area contributed by atoms with Crippen molar-refractivity contribution in [2.24, 2.45) is 5.92 Å². The van der Waals surface area contributed by atoms with E-state index in [0.717, 1.165) is 33.4 Å². The van der Waals surface area contributed by atoms with Gasteiger partial charge in [0.05, 0.1) is 24.4 Å². The number of urea groups is 1. The van der Waals surface area contributed by atoms with Crippen molar-refractivity contribution in [1.29, 1.82) is 0 Å². The van der Waals surface area contributed by atoms with E-state index in [2.05, 4.69) is 22.5 Å². The van der Waals surface area contributed by atoms with Gasteiger partial charge in [0.15, 0.2) is 6.29 Å². The first-order chi connectivity index (χ1) is 21.9. The van der Waals surface area contributed by atoms with E-state index in [-0.39, 0.29) is 36.3 Å². The third-order valence-corrected chi connectivity index (χ3v) is 8.81. The molecule has 10 heteroatoms. The predicted molar refractivity (Wildman–Crippen MR) is 173 cm³/mol. The maximum absolute atomic E-state index is 11.9. The normalized spacial score (nSPS) is 19.5. The van der Waals surface area contributed by atoms with Crippen LogP contribution < -0.4 is 10.6 Å². The van der Waals surface area contributed by atoms with Crippen molar-refractivity contribution in [1.82, 2.24) is 15.6 Å². The van der Waals surface area contributed by atoms with Crippen LogP contribution in [0.1, 0.15) is 58.9 Å². The number of carboxylic acids is 1. The molecule has 1 aliphatic rings. The first kappa shape index (κ1) is 32.2. The number of nitrogens with zero attached hydrogens (tertiary/aromatic N) is 1. The summed E-state index contributed by atoms with van der Waals surface area (Å²) in [4.78, 5) is 28.0. The molecular weight excluding hydrogens is 590 g/mol. The SMILES string of the molecule is CCNC(=O)NCc1cccc(-c2cccc([C@@H]3O[C@H](CSc4ncccc4C(=O)O)[C@H](C)[C@H](c4ccc(CO)cc4)O3)c2)c1. The van der Waals surface area contributed by atoms with Crippen LogP contribution >= 0.6 is 11.8 Å². The van der Waals surface area contributed by atoms with Crippen LogP contribution in [0.15, 0.2) is 96.2 Å². The number of carbonyl (C=O) groups excluding carboxylic acids is 1. The van der Waals surface area contributed by atoms with Crippen LogP contribution in [-0.4, -0.2) is 45.6 Å². The van der Waals surface area contributed by atoms with Gasteiger partial charge in [-0.15, -0.1) is 11.8 Å². The summed E-state index contributed by atoms with van der Waals surface area (Å²) in [6, 6.07) is 26.7. The van der Waals surface area contributed by atoms with Crippen molar-refractivity contribution in [3.63, 3.8) is 0 Å². The molecule has 2 heterocycles. The Morgan fingerprint density at radius 3 is 2.38 bits per heavy atom. The summed E-state index contributed by atoms with van der Waals surface area (Å²) in [7, 11) is 0. The number of carboxylic acid groups (broad SMARTS) is 1. The second-order valence-corrected chi connectivity index (χ2v) is 11.8. The van der Waals surface area contributed by atoms with E-state index in [1.165, 1.54) is 11.8 Å². The highest BCUT2D eigenvalue weighted by Gasteiger charge is 2.38. The zero-order valence-electron chi connectivity index (χ0n) is 25.2. The minimum Gasteiger partial charge on any atom is -0.478 e. The molecule has 0 saturated carbocycles. The number of amides is 2. The van der Waals surface area contributed by atoms with Gasteiger partial charge in [-0.2, -0.15) is 0 Å². The molecule has 45 heavy (non-hydrogen) atoms. The third-order valence-electron chi connectivity index (χ3n) is 7.72. The fourth-order valence-electron chi connectivity index (χ4n) is 5.27. The van der Waals surface area contributed by atoms with Gasteiger partial charge < -0.3 is 30.3 Å². The molecular formula is C35H37N3O6S. The fraction of sp³-hybridized carbons (Fsp3) is 0.286. The molecule has 2 amide bonds. The van der Waals surface area contributed by atoms with E-state index in [4.69, 9.17) is 9.47 Å². The molecule has 0 unspecified atom stereocenters. The van der Waals surface area contributed by atoms with Gasteiger partial charge in [-0.25, -0.2) is 14.6 Å². The first-order valence-electron chi connectivity index (χ1n) is 14.9. The number of aromatic nitrogens is 1. The van der Waals surface area contributed by atoms with Gasteiger partial charge in [-0.1, -0.05) is 67.6 Å². The molecule has 1 saturated heterocycles. The van der Waals surface area contributed by atoms with Crippen molar-refractivity contribution in [3.05, 3.63) is 119 Å². The summed E-state index contributed by atoms with van der Waals surface area (Å²) in [5, 5.41) is 25.3. The number of benzene rings is 3. The summed E-state index contributed by atoms with van der Waals surface area (Å²) in [5.74, 6) is -0.612. The number of aliphatic hydroxyl groups is 1. The highest BCUT2D eigenvalue weighted by molar-refractivity contribution is 7.99. The minimum atomic E-state index is -1.02. The third kappa shape index (κ3) is 8.09. The number of aromatic carboxylic acids is 1. The van der Waals surface area contributed by atoms with Gasteiger partial charge in [0.2, 0.25) is 0 Å². The number of pyridine rings is 1. The van der Waals surface area contributed by atoms with E-state index in [9.17, 15) is 19.8 Å². The van der Waals surface area contributed by atoms with Gasteiger partial charge in [0.25, 0.3) is 0 Å². The van der Waals surface area contributed by atoms with E-state index >= 15 is 0 Å². The van der Waals surface area contributed by atoms with E-state index < -0.39 is 12.3 Å². The molecule has 4 atom stereocenters. The lowest BCUT2D eigenvalue weighted by molar-refractivity contribution is -0.268. The lowest BCUT2D eigenvalue weighted by atomic mass is 9.91. The molecule has 9 nitrogen and oxygen atoms in total. The molecule has 0 bridgehead atoms. The van der Waals surface area contributed by atoms with Gasteiger partial charge in [0.1, 0.15) is 5.03 Å². The average molecular weight is 628 g/mol. The van der Waals surface area contributed by atoms with E-state index in [1.807, 2.05) is 79.7 Å². The van der Waals surface area contributed by atoms with Gasteiger partial charge in [0, 0.05) is 36.5 Å². The second-order valence-electron chi connectivity index (χ2n) is 10.8. The number of hydrogen-bond acceptors (Lipinski definition) is 7. The molecule has 0 spiro atoms. The summed E-state index contributed by atoms with van der Waals surface area (Å²) in [6.07, 6.45) is 0.317. The molecule has 1 aromatic heterocycles. The summed E-state index contributed by atoms with van der Waals surface area (Å²) in [6.45, 7) is 4.86. The highest BCUT2D eigenvalue weighted by Crippen LogP contribution is 2.43. The number of rotatable bonds is 11. The predicted octanol–water partition coefficient (Wildman–Crippen LogP) is 6.34. The molecule has 0 radical (unpaired) electrons. The molecule has 4 aromatic rings. The zero-order chi connectivity index (χ0) is 31.8. The number of ether oxygens (including phenoxy) is 2. The standard InChI is InChI=1S/C35H37N3O6S/c1-3-36-35(42)38-19-24-7-4-8-26(17-24)27-9-5-10-28(18-27)34-43-30(21-45-32-29(33(40)41)11-6-16-37-32)22(2)31(44-34)25-14-12-23(20-39)13-15-25/h4-18,22,30-31,34,39H,3,19-21H2,1-2H3,(H,40,41)(H2,36,38,42)/t22-,30+,31+,34+/m0/s1. The maximum atomic E-state index is 11.9. The molecule has 234 valence electrons. The molecule has 1 fully saturated rings. The Kier molecular flexibility index (Phi) is 10.9. The van der Waals surface area contributed by atoms with Gasteiger partial charge >= 0.3 is 12.0 Å². The number of aliphatic hydroxyl groups excluding tert-OH is 1. The fourth-order valence-corrected chi connectivity index (χ4v) is 6.42. The maximum Gasteiger partial charge on any atom is 0.338 e. The number of carbonyl (C=O) groups is 2. The Hall–Kier alpha value is -4.22. The van der Waals surface area contributed by atoms with Crippen LogP contribution in [0.3, 0.4) is 0 Å². The van der Waals surface area contributed by atoms with E-state index in [0.29, 0.717) is 23.9 Å². The van der Waals surface area contributed by atoms with Gasteiger partial charge in [-0.05, 0) is 59.0 Å². The summed E-state index contributed by atoms with van der Waals surface area (Å²) in [5.41, 5.74) is 5.74. The largest absolute Gasteiger partial charge is 0.478 e. The highest BCUT2D eigenvalue weighted by atomic mass is 32.2. The Morgan fingerprint density at radius 2 is 1.64 bits per heavy atom. The van der Waals surface area contributed by atoms with Crippen LogP contribution in [0.5, 0.6) is 0 Å². The Morgan fingerprint density at radius 1 is 0.889 bits per heavy atom. The smallest absolute Gasteiger partial charge is 0.338 e. The monoisotopic (exact) mass is 627 g/mol. The molecule has 0 aliphatic carbocycles. The van der Waals surface area contributed by atoms with Crippen LogP contribution in [0.4, 0.5) is 4.79 Å². The van der Waals surface area contributed by atoms with E-state index in [1.54, 1.807) is 18.3 Å². The van der Waals surface area contributed by atoms with Crippen molar-refractivity contribution in [3.8, 4) is 11.1 Å². The molecule has 4 N–H and O–H groups in total. The average Bonchev–Trinajstić information content (AvgIpc) is 3.07. The van der Waals surface area contributed by atoms with Crippen molar-refractivity contribution in [2.75, 3.05) is 12.3 Å². The van der Waals surface area contributed by atoms with Crippen LogP contribution in [-0.2, 0) is 22.6 Å². The minimum absolute atomic E-state index is 0.0433. The number of thioether (sulfide) groups is 1. The van der Waals surface area contributed by atoms with Crippen molar-refractivity contribution < 1.29 is 29.3 Å². The summed E-state index contributed by atoms with van der Waals surface area (Å²) >= 11 is 1.36. The topological polar surface area (TPSA) is 130 Å². The Labute approximate surface area is 267 Å². The summed E-state index contributed by atoms with van der Waals surface area (Å²) < 4.78 is 13.2. The van der Waals surface area contributed by atoms with Crippen molar-refractivity contribution in [2.45, 2.75) is 50.5 Å².